The fourth-order valence-corrected chi connectivity index (χ4v) is 2.56. The maximum absolute atomic E-state index is 12.0. The molecule has 0 spiro atoms. The molecule has 0 heterocycles. The van der Waals surface area contributed by atoms with Crippen LogP contribution in [0.5, 0.6) is 0 Å². The molecule has 5 heteroatoms. The number of ether oxygens (including phenoxy) is 3. The lowest BCUT2D eigenvalue weighted by Gasteiger charge is -2.32. The van der Waals surface area contributed by atoms with Gasteiger partial charge in [0.2, 0.25) is 0 Å². The van der Waals surface area contributed by atoms with E-state index in [9.17, 15) is 9.59 Å². The van der Waals surface area contributed by atoms with Crippen LogP contribution in [-0.2, 0) is 23.8 Å². The van der Waals surface area contributed by atoms with Crippen molar-refractivity contribution in [3.8, 4) is 0 Å². The monoisotopic (exact) mass is 268 g/mol. The van der Waals surface area contributed by atoms with Crippen LogP contribution in [0.25, 0.3) is 0 Å². The van der Waals surface area contributed by atoms with Crippen LogP contribution in [0.4, 0.5) is 0 Å². The van der Waals surface area contributed by atoms with Gasteiger partial charge in [-0.1, -0.05) is 18.2 Å². The van der Waals surface area contributed by atoms with Gasteiger partial charge in [-0.05, 0) is 18.4 Å². The van der Waals surface area contributed by atoms with E-state index in [1.807, 2.05) is 6.08 Å². The Balaban J connectivity index is 2.93. The number of rotatable bonds is 6. The number of carbonyl (C=O) groups excluding carboxylic acids is 2. The summed E-state index contributed by atoms with van der Waals surface area (Å²) in [6, 6.07) is 0. The Kier molecular flexibility index (Phi) is 5.92. The third-order valence-corrected chi connectivity index (χ3v) is 3.53. The molecule has 0 aliphatic heterocycles. The molecule has 0 bridgehead atoms. The van der Waals surface area contributed by atoms with Gasteiger partial charge in [0.25, 0.3) is 0 Å². The van der Waals surface area contributed by atoms with Crippen molar-refractivity contribution in [2.45, 2.75) is 18.6 Å². The van der Waals surface area contributed by atoms with Crippen molar-refractivity contribution in [3.05, 3.63) is 24.3 Å². The third-order valence-electron chi connectivity index (χ3n) is 3.53. The molecule has 0 N–H and O–H groups in total. The van der Waals surface area contributed by atoms with Crippen molar-refractivity contribution in [1.29, 1.82) is 0 Å². The summed E-state index contributed by atoms with van der Waals surface area (Å²) in [7, 11) is 4.40. The van der Waals surface area contributed by atoms with Gasteiger partial charge in [-0.2, -0.15) is 0 Å². The van der Waals surface area contributed by atoms with E-state index in [1.54, 1.807) is 12.2 Å². The first-order valence-corrected chi connectivity index (χ1v) is 6.12. The van der Waals surface area contributed by atoms with Crippen LogP contribution >= 0.6 is 0 Å². The second-order valence-corrected chi connectivity index (χ2v) is 4.33. The lowest BCUT2D eigenvalue weighted by Crippen LogP contribution is -2.44. The van der Waals surface area contributed by atoms with E-state index in [2.05, 4.69) is 0 Å². The molecule has 0 unspecified atom stereocenters. The number of carbonyl (C=O) groups is 2. The van der Waals surface area contributed by atoms with Crippen molar-refractivity contribution < 1.29 is 23.8 Å². The number of esters is 1. The summed E-state index contributed by atoms with van der Waals surface area (Å²) in [5, 5.41) is 0. The van der Waals surface area contributed by atoms with Gasteiger partial charge in [-0.3, -0.25) is 9.59 Å². The second kappa shape index (κ2) is 7.21. The predicted molar refractivity (Wildman–Crippen MR) is 69.3 cm³/mol. The van der Waals surface area contributed by atoms with Crippen molar-refractivity contribution in [1.82, 2.24) is 0 Å². The van der Waals surface area contributed by atoms with Crippen LogP contribution in [0.1, 0.15) is 12.8 Å². The van der Waals surface area contributed by atoms with Gasteiger partial charge in [0.05, 0.1) is 7.11 Å². The smallest absolute Gasteiger partial charge is 0.314 e. The predicted octanol–water partition coefficient (Wildman–Crippen LogP) is 1.49. The standard InChI is InChI=1S/C14H20O5/c1-17-13(16)12-11(7-5-4-6-10-15)8-9-14(12,18-2)19-3/h4-7,10-12H,8-9H2,1-3H3/b6-4+,7-5+/t11-,12-/m0/s1. The Labute approximate surface area is 113 Å². The summed E-state index contributed by atoms with van der Waals surface area (Å²) in [5.74, 6) is -1.83. The topological polar surface area (TPSA) is 61.8 Å². The first-order valence-electron chi connectivity index (χ1n) is 6.12. The fraction of sp³-hybridized carbons (Fsp3) is 0.571. The first-order chi connectivity index (χ1) is 9.15. The Morgan fingerprint density at radius 3 is 2.37 bits per heavy atom. The normalized spacial score (nSPS) is 26.1. The van der Waals surface area contributed by atoms with Crippen molar-refractivity contribution in [3.63, 3.8) is 0 Å². The molecule has 0 aromatic rings. The Morgan fingerprint density at radius 1 is 1.16 bits per heavy atom. The summed E-state index contributed by atoms with van der Waals surface area (Å²) < 4.78 is 15.7. The molecular weight excluding hydrogens is 248 g/mol. The number of methoxy groups -OCH3 is 3. The van der Waals surface area contributed by atoms with Crippen molar-refractivity contribution in [2.24, 2.45) is 11.8 Å². The zero-order valence-corrected chi connectivity index (χ0v) is 11.5. The van der Waals surface area contributed by atoms with Gasteiger partial charge in [-0.15, -0.1) is 0 Å². The average Bonchev–Trinajstić information content (AvgIpc) is 2.82. The van der Waals surface area contributed by atoms with Crippen LogP contribution in [0, 0.1) is 11.8 Å². The highest BCUT2D eigenvalue weighted by atomic mass is 16.7. The molecule has 0 saturated heterocycles. The molecule has 1 aliphatic rings. The van der Waals surface area contributed by atoms with E-state index < -0.39 is 11.7 Å². The van der Waals surface area contributed by atoms with Gasteiger partial charge >= 0.3 is 5.97 Å². The van der Waals surface area contributed by atoms with Gasteiger partial charge < -0.3 is 14.2 Å². The molecule has 106 valence electrons. The first kappa shape index (κ1) is 15.6. The SMILES string of the molecule is COC(=O)[C@@H]1[C@@H](/C=C/C=C/C=O)CCC1(OC)OC. The zero-order chi connectivity index (χ0) is 14.3. The minimum atomic E-state index is -0.934. The van der Waals surface area contributed by atoms with E-state index in [1.165, 1.54) is 27.4 Å². The Hall–Kier alpha value is -1.46. The number of allylic oxidation sites excluding steroid dienone is 4. The molecule has 0 aromatic heterocycles. The number of hydrogen-bond donors (Lipinski definition) is 0. The summed E-state index contributed by atoms with van der Waals surface area (Å²) in [6.45, 7) is 0. The maximum atomic E-state index is 12.0. The molecule has 0 radical (unpaired) electrons. The van der Waals surface area contributed by atoms with Crippen LogP contribution < -0.4 is 0 Å². The molecular formula is C14H20O5. The lowest BCUT2D eigenvalue weighted by molar-refractivity contribution is -0.234. The van der Waals surface area contributed by atoms with Crippen molar-refractivity contribution >= 4 is 12.3 Å². The molecule has 1 saturated carbocycles. The van der Waals surface area contributed by atoms with Crippen LogP contribution in [-0.4, -0.2) is 39.4 Å². The summed E-state index contributed by atoms with van der Waals surface area (Å²) >= 11 is 0. The van der Waals surface area contributed by atoms with Crippen molar-refractivity contribution in [2.75, 3.05) is 21.3 Å². The summed E-state index contributed by atoms with van der Waals surface area (Å²) in [6.07, 6.45) is 8.71. The van der Waals surface area contributed by atoms with Gasteiger partial charge in [0.1, 0.15) is 12.2 Å². The molecule has 19 heavy (non-hydrogen) atoms. The number of hydrogen-bond acceptors (Lipinski definition) is 5. The molecule has 1 rings (SSSR count). The summed E-state index contributed by atoms with van der Waals surface area (Å²) in [5.41, 5.74) is 0. The molecule has 0 aromatic carbocycles. The van der Waals surface area contributed by atoms with E-state index in [-0.39, 0.29) is 11.9 Å². The lowest BCUT2D eigenvalue weighted by atomic mass is 9.92. The highest BCUT2D eigenvalue weighted by Gasteiger charge is 2.53. The zero-order valence-electron chi connectivity index (χ0n) is 11.5. The molecule has 1 fully saturated rings. The van der Waals surface area contributed by atoms with Gasteiger partial charge in [0, 0.05) is 20.6 Å². The maximum Gasteiger partial charge on any atom is 0.314 e. The van der Waals surface area contributed by atoms with Crippen LogP contribution in [0.15, 0.2) is 24.3 Å². The van der Waals surface area contributed by atoms with E-state index in [4.69, 9.17) is 14.2 Å². The number of aldehydes is 1. The van der Waals surface area contributed by atoms with Gasteiger partial charge in [0.15, 0.2) is 5.79 Å². The average molecular weight is 268 g/mol. The minimum Gasteiger partial charge on any atom is -0.469 e. The second-order valence-electron chi connectivity index (χ2n) is 4.33. The Morgan fingerprint density at radius 2 is 1.84 bits per heavy atom. The quantitative estimate of drug-likeness (QED) is 0.240. The third kappa shape index (κ3) is 3.30. The van der Waals surface area contributed by atoms with Crippen LogP contribution in [0.2, 0.25) is 0 Å². The molecule has 1 aliphatic carbocycles. The minimum absolute atomic E-state index is 0.0383. The molecule has 0 amide bonds. The van der Waals surface area contributed by atoms with Gasteiger partial charge in [-0.25, -0.2) is 0 Å². The molecule has 5 nitrogen and oxygen atoms in total. The Bertz CT molecular complexity index is 368. The van der Waals surface area contributed by atoms with E-state index >= 15 is 0 Å². The molecule has 2 atom stereocenters. The van der Waals surface area contributed by atoms with Crippen LogP contribution in [0.3, 0.4) is 0 Å². The summed E-state index contributed by atoms with van der Waals surface area (Å²) in [4.78, 5) is 22.1. The van der Waals surface area contributed by atoms with E-state index in [0.717, 1.165) is 6.42 Å². The highest BCUT2D eigenvalue weighted by molar-refractivity contribution is 5.74. The fourth-order valence-electron chi connectivity index (χ4n) is 2.56. The largest absolute Gasteiger partial charge is 0.469 e. The van der Waals surface area contributed by atoms with E-state index in [0.29, 0.717) is 12.7 Å². The highest BCUT2D eigenvalue weighted by Crippen LogP contribution is 2.44.